The van der Waals surface area contributed by atoms with E-state index in [1.807, 2.05) is 13.8 Å². The molecule has 1 unspecified atom stereocenters. The monoisotopic (exact) mass is 395 g/mol. The van der Waals surface area contributed by atoms with Gasteiger partial charge in [-0.05, 0) is 54.5 Å². The van der Waals surface area contributed by atoms with Crippen molar-refractivity contribution in [3.63, 3.8) is 0 Å². The summed E-state index contributed by atoms with van der Waals surface area (Å²) in [4.78, 5) is 9.73. The molecule has 0 spiro atoms. The Morgan fingerprint density at radius 2 is 1.79 bits per heavy atom. The summed E-state index contributed by atoms with van der Waals surface area (Å²) in [6, 6.07) is 6.44. The minimum absolute atomic E-state index is 0.361. The Morgan fingerprint density at radius 3 is 2.38 bits per heavy atom. The number of ether oxygens (including phenoxy) is 1. The number of aromatic nitrogens is 3. The van der Waals surface area contributed by atoms with E-state index in [1.54, 1.807) is 7.11 Å². The molecule has 0 saturated heterocycles. The van der Waals surface area contributed by atoms with E-state index in [1.165, 1.54) is 23.8 Å². The quantitative estimate of drug-likeness (QED) is 0.451. The van der Waals surface area contributed by atoms with Crippen LogP contribution in [0, 0.1) is 6.92 Å². The molecule has 0 saturated carbocycles. The number of nitrogens with zero attached hydrogens (tertiary/aromatic N) is 3. The van der Waals surface area contributed by atoms with Crippen LogP contribution < -0.4 is 4.74 Å². The highest BCUT2D eigenvalue weighted by Gasteiger charge is 2.19. The lowest BCUT2D eigenvalue weighted by atomic mass is 9.95. The Hall–Kier alpha value is -2.36. The zero-order valence-corrected chi connectivity index (χ0v) is 19.6. The van der Waals surface area contributed by atoms with E-state index in [0.717, 1.165) is 28.2 Å². The normalized spacial score (nSPS) is 12.1. The van der Waals surface area contributed by atoms with Gasteiger partial charge in [0.15, 0.2) is 0 Å². The largest absolute Gasteiger partial charge is 0.480 e. The molecule has 0 aliphatic heterocycles. The van der Waals surface area contributed by atoms with Gasteiger partial charge in [-0.15, -0.1) is 0 Å². The summed E-state index contributed by atoms with van der Waals surface area (Å²) >= 11 is 0. The van der Waals surface area contributed by atoms with Crippen LogP contribution >= 0.6 is 0 Å². The molecule has 0 amide bonds. The third kappa shape index (κ3) is 4.63. The molecule has 4 nitrogen and oxygen atoms in total. The van der Waals surface area contributed by atoms with Gasteiger partial charge >= 0.3 is 0 Å². The fourth-order valence-electron chi connectivity index (χ4n) is 3.79. The molecule has 0 fully saturated rings. The lowest BCUT2D eigenvalue weighted by molar-refractivity contribution is 0.397. The van der Waals surface area contributed by atoms with Crippen LogP contribution in [0.5, 0.6) is 5.88 Å². The molecule has 1 atom stereocenters. The van der Waals surface area contributed by atoms with Crippen molar-refractivity contribution < 1.29 is 4.74 Å². The summed E-state index contributed by atoms with van der Waals surface area (Å²) in [6.07, 6.45) is 4.61. The minimum Gasteiger partial charge on any atom is -0.480 e. The summed E-state index contributed by atoms with van der Waals surface area (Å²) < 4.78 is 7.75. The van der Waals surface area contributed by atoms with E-state index in [4.69, 9.17) is 14.7 Å². The number of aryl methyl sites for hydroxylation is 2. The molecule has 29 heavy (non-hydrogen) atoms. The number of hydrogen-bond donors (Lipinski definition) is 0. The van der Waals surface area contributed by atoms with E-state index in [-0.39, 0.29) is 0 Å². The second-order valence-electron chi connectivity index (χ2n) is 7.86. The van der Waals surface area contributed by atoms with E-state index >= 15 is 0 Å². The average molecular weight is 396 g/mol. The van der Waals surface area contributed by atoms with Gasteiger partial charge in [-0.2, -0.15) is 0 Å². The Balaban J connectivity index is 0.00000145. The van der Waals surface area contributed by atoms with Crippen molar-refractivity contribution in [1.29, 1.82) is 0 Å². The first-order valence-corrected chi connectivity index (χ1v) is 10.9. The van der Waals surface area contributed by atoms with Crippen LogP contribution in [0.1, 0.15) is 83.0 Å². The van der Waals surface area contributed by atoms with E-state index in [9.17, 15) is 0 Å². The molecule has 3 aromatic rings. The Labute approximate surface area is 176 Å². The standard InChI is InChI=1S/C23H31N3O.C2H6/c1-8-9-15(4)19-13-26(6)22-18(19)12-16(5)21(25-22)17-10-11-20(14(2)3)24-23(17)27-7;1-2/h10-15H,8-9H2,1-7H3;1-2H3. The van der Waals surface area contributed by atoms with Crippen molar-refractivity contribution in [2.24, 2.45) is 7.05 Å². The van der Waals surface area contributed by atoms with Gasteiger partial charge in [0.2, 0.25) is 5.88 Å². The van der Waals surface area contributed by atoms with Gasteiger partial charge in [0.05, 0.1) is 18.4 Å². The smallest absolute Gasteiger partial charge is 0.222 e. The molecule has 3 aromatic heterocycles. The lowest BCUT2D eigenvalue weighted by Gasteiger charge is -2.14. The first-order valence-electron chi connectivity index (χ1n) is 10.9. The molecule has 3 heterocycles. The van der Waals surface area contributed by atoms with Crippen molar-refractivity contribution in [2.45, 2.75) is 73.1 Å². The number of methoxy groups -OCH3 is 1. The van der Waals surface area contributed by atoms with Crippen molar-refractivity contribution in [3.8, 4) is 17.1 Å². The topological polar surface area (TPSA) is 39.9 Å². The Morgan fingerprint density at radius 1 is 1.10 bits per heavy atom. The highest BCUT2D eigenvalue weighted by molar-refractivity contribution is 5.86. The summed E-state index contributed by atoms with van der Waals surface area (Å²) in [5, 5.41) is 1.26. The van der Waals surface area contributed by atoms with Gasteiger partial charge in [0.25, 0.3) is 0 Å². The lowest BCUT2D eigenvalue weighted by Crippen LogP contribution is -2.00. The van der Waals surface area contributed by atoms with Crippen LogP contribution in [0.15, 0.2) is 24.4 Å². The van der Waals surface area contributed by atoms with Crippen molar-refractivity contribution in [2.75, 3.05) is 7.11 Å². The third-order valence-electron chi connectivity index (χ3n) is 5.35. The third-order valence-corrected chi connectivity index (χ3v) is 5.35. The highest BCUT2D eigenvalue weighted by atomic mass is 16.5. The van der Waals surface area contributed by atoms with Crippen LogP contribution in [0.2, 0.25) is 0 Å². The SMILES string of the molecule is CC.CCCC(C)c1cn(C)c2nc(-c3ccc(C(C)C)nc3OC)c(C)cc12. The molecule has 0 N–H and O–H groups in total. The van der Waals surface area contributed by atoms with Gasteiger partial charge in [-0.1, -0.05) is 48.0 Å². The van der Waals surface area contributed by atoms with Crippen molar-refractivity contribution in [1.82, 2.24) is 14.5 Å². The van der Waals surface area contributed by atoms with Gasteiger partial charge in [-0.3, -0.25) is 0 Å². The number of rotatable bonds is 6. The number of fused-ring (bicyclic) bond motifs is 1. The first-order chi connectivity index (χ1) is 13.9. The highest BCUT2D eigenvalue weighted by Crippen LogP contribution is 2.35. The molecule has 158 valence electrons. The van der Waals surface area contributed by atoms with E-state index < -0.39 is 0 Å². The summed E-state index contributed by atoms with van der Waals surface area (Å²) in [5.41, 5.74) is 6.48. The van der Waals surface area contributed by atoms with Crippen molar-refractivity contribution in [3.05, 3.63) is 41.2 Å². The first kappa shape index (κ1) is 22.9. The van der Waals surface area contributed by atoms with Crippen LogP contribution in [0.25, 0.3) is 22.3 Å². The maximum Gasteiger partial charge on any atom is 0.222 e. The summed E-state index contributed by atoms with van der Waals surface area (Å²) in [6.45, 7) is 14.9. The van der Waals surface area contributed by atoms with E-state index in [2.05, 4.69) is 70.6 Å². The minimum atomic E-state index is 0.361. The van der Waals surface area contributed by atoms with Gasteiger partial charge in [0, 0.05) is 24.3 Å². The molecule has 4 heteroatoms. The Kier molecular flexibility index (Phi) is 7.83. The zero-order chi connectivity index (χ0) is 21.7. The fraction of sp³-hybridized carbons (Fsp3) is 0.520. The molecule has 0 aliphatic carbocycles. The second-order valence-corrected chi connectivity index (χ2v) is 7.86. The predicted molar refractivity (Wildman–Crippen MR) is 124 cm³/mol. The predicted octanol–water partition coefficient (Wildman–Crippen LogP) is 7.01. The maximum absolute atomic E-state index is 5.61. The molecule has 0 bridgehead atoms. The van der Waals surface area contributed by atoms with E-state index in [0.29, 0.717) is 17.7 Å². The molecule has 3 rings (SSSR count). The fourth-order valence-corrected chi connectivity index (χ4v) is 3.79. The summed E-state index contributed by atoms with van der Waals surface area (Å²) in [5.74, 6) is 1.54. The molecular formula is C25H37N3O. The van der Waals surface area contributed by atoms with Crippen LogP contribution in [0.4, 0.5) is 0 Å². The zero-order valence-electron chi connectivity index (χ0n) is 19.6. The molecule has 0 aliphatic rings. The van der Waals surface area contributed by atoms with Gasteiger partial charge < -0.3 is 9.30 Å². The molecule has 0 aromatic carbocycles. The maximum atomic E-state index is 5.61. The Bertz CT molecular complexity index is 956. The van der Waals surface area contributed by atoms with Gasteiger partial charge in [0.1, 0.15) is 5.65 Å². The van der Waals surface area contributed by atoms with Crippen LogP contribution in [-0.4, -0.2) is 21.6 Å². The molecule has 0 radical (unpaired) electrons. The van der Waals surface area contributed by atoms with Crippen LogP contribution in [0.3, 0.4) is 0 Å². The second kappa shape index (κ2) is 9.91. The average Bonchev–Trinajstić information content (AvgIpc) is 3.04. The number of hydrogen-bond acceptors (Lipinski definition) is 3. The summed E-state index contributed by atoms with van der Waals surface area (Å²) in [7, 11) is 3.75. The van der Waals surface area contributed by atoms with Crippen molar-refractivity contribution >= 4 is 11.0 Å². The number of pyridine rings is 2. The van der Waals surface area contributed by atoms with Gasteiger partial charge in [-0.25, -0.2) is 9.97 Å². The molecular weight excluding hydrogens is 358 g/mol. The van der Waals surface area contributed by atoms with Crippen LogP contribution in [-0.2, 0) is 7.05 Å².